The number of urea groups is 1. The number of carbonyl (C=O) groups excluding carboxylic acids is 1. The molecule has 0 unspecified atom stereocenters. The van der Waals surface area contributed by atoms with Gasteiger partial charge in [0, 0.05) is 12.2 Å². The van der Waals surface area contributed by atoms with E-state index in [4.69, 9.17) is 5.11 Å². The zero-order valence-corrected chi connectivity index (χ0v) is 11.9. The van der Waals surface area contributed by atoms with Gasteiger partial charge in [-0.3, -0.25) is 4.79 Å². The molecule has 0 saturated heterocycles. The van der Waals surface area contributed by atoms with Crippen LogP contribution in [0.3, 0.4) is 0 Å². The quantitative estimate of drug-likeness (QED) is 0.781. The van der Waals surface area contributed by atoms with Crippen LogP contribution in [0.5, 0.6) is 0 Å². The topological polar surface area (TPSA) is 78.4 Å². The molecule has 6 heteroatoms. The van der Waals surface area contributed by atoms with Crippen molar-refractivity contribution in [2.75, 3.05) is 11.9 Å². The van der Waals surface area contributed by atoms with Crippen LogP contribution < -0.4 is 10.6 Å². The smallest absolute Gasteiger partial charge is 0.319 e. The minimum Gasteiger partial charge on any atom is -0.481 e. The molecular weight excluding hydrogens is 275 g/mol. The molecule has 114 valence electrons. The number of nitrogens with one attached hydrogen (secondary N) is 2. The van der Waals surface area contributed by atoms with Crippen LogP contribution in [0.1, 0.15) is 31.2 Å². The molecular formula is C15H19FN2O3. The monoisotopic (exact) mass is 294 g/mol. The van der Waals surface area contributed by atoms with Crippen LogP contribution in [-0.2, 0) is 4.79 Å². The van der Waals surface area contributed by atoms with E-state index in [0.29, 0.717) is 17.8 Å². The van der Waals surface area contributed by atoms with Crippen LogP contribution in [-0.4, -0.2) is 23.7 Å². The molecule has 0 spiro atoms. The Balaban J connectivity index is 1.87. The Morgan fingerprint density at radius 3 is 2.62 bits per heavy atom. The van der Waals surface area contributed by atoms with E-state index in [0.717, 1.165) is 19.3 Å². The number of carbonyl (C=O) groups is 2. The number of aryl methyl sites for hydroxylation is 1. The highest BCUT2D eigenvalue weighted by molar-refractivity contribution is 5.89. The molecule has 0 radical (unpaired) electrons. The van der Waals surface area contributed by atoms with Gasteiger partial charge in [0.1, 0.15) is 5.82 Å². The summed E-state index contributed by atoms with van der Waals surface area (Å²) in [5.74, 6) is -1.16. The van der Waals surface area contributed by atoms with Crippen LogP contribution >= 0.6 is 0 Å². The molecule has 5 nitrogen and oxygen atoms in total. The molecule has 2 rings (SSSR count). The molecule has 21 heavy (non-hydrogen) atoms. The number of benzene rings is 1. The highest BCUT2D eigenvalue weighted by Gasteiger charge is 2.39. The van der Waals surface area contributed by atoms with E-state index in [1.165, 1.54) is 12.1 Å². The maximum absolute atomic E-state index is 13.1. The van der Waals surface area contributed by atoms with Crippen molar-refractivity contribution in [3.8, 4) is 0 Å². The van der Waals surface area contributed by atoms with Crippen molar-refractivity contribution in [1.82, 2.24) is 5.32 Å². The largest absolute Gasteiger partial charge is 0.481 e. The summed E-state index contributed by atoms with van der Waals surface area (Å²) in [6.07, 6.45) is 2.70. The molecule has 1 fully saturated rings. The summed E-state index contributed by atoms with van der Waals surface area (Å²) in [6.45, 7) is 1.96. The Labute approximate surface area is 122 Å². The molecule has 1 aliphatic carbocycles. The number of aliphatic carboxylic acids is 1. The Kier molecular flexibility index (Phi) is 4.45. The summed E-state index contributed by atoms with van der Waals surface area (Å²) >= 11 is 0. The second kappa shape index (κ2) is 6.11. The fraction of sp³-hybridized carbons (Fsp3) is 0.467. The Hall–Kier alpha value is -2.11. The molecule has 0 bridgehead atoms. The average molecular weight is 294 g/mol. The lowest BCUT2D eigenvalue weighted by Gasteiger charge is -2.40. The van der Waals surface area contributed by atoms with Gasteiger partial charge >= 0.3 is 12.0 Å². The fourth-order valence-corrected chi connectivity index (χ4v) is 2.58. The molecule has 0 atom stereocenters. The normalized spacial score (nSPS) is 15.9. The van der Waals surface area contributed by atoms with Crippen molar-refractivity contribution in [3.05, 3.63) is 29.6 Å². The van der Waals surface area contributed by atoms with Gasteiger partial charge in [0.05, 0.1) is 6.42 Å². The molecule has 1 aromatic carbocycles. The number of carboxylic acids is 1. The number of carboxylic acid groups (broad SMARTS) is 1. The maximum atomic E-state index is 13.1. The van der Waals surface area contributed by atoms with Gasteiger partial charge in [0.2, 0.25) is 0 Å². The first-order chi connectivity index (χ1) is 9.90. The molecule has 1 aliphatic rings. The van der Waals surface area contributed by atoms with E-state index in [2.05, 4.69) is 10.6 Å². The summed E-state index contributed by atoms with van der Waals surface area (Å²) in [6, 6.07) is 3.92. The molecule has 3 N–H and O–H groups in total. The SMILES string of the molecule is Cc1cc(NC(=O)NCC2(CC(=O)O)CCC2)ccc1F. The van der Waals surface area contributed by atoms with Crippen LogP contribution in [0, 0.1) is 18.2 Å². The van der Waals surface area contributed by atoms with Gasteiger partial charge in [0.15, 0.2) is 0 Å². The third-order valence-electron chi connectivity index (χ3n) is 3.98. The second-order valence-corrected chi connectivity index (χ2v) is 5.70. The Morgan fingerprint density at radius 1 is 1.38 bits per heavy atom. The first-order valence-electron chi connectivity index (χ1n) is 6.93. The highest BCUT2D eigenvalue weighted by atomic mass is 19.1. The lowest BCUT2D eigenvalue weighted by atomic mass is 9.66. The third-order valence-corrected chi connectivity index (χ3v) is 3.98. The van der Waals surface area contributed by atoms with Crippen LogP contribution in [0.4, 0.5) is 14.9 Å². The van der Waals surface area contributed by atoms with Crippen molar-refractivity contribution in [3.63, 3.8) is 0 Å². The van der Waals surface area contributed by atoms with E-state index >= 15 is 0 Å². The zero-order valence-electron chi connectivity index (χ0n) is 11.9. The van der Waals surface area contributed by atoms with Gasteiger partial charge in [0.25, 0.3) is 0 Å². The van der Waals surface area contributed by atoms with Gasteiger partial charge in [-0.05, 0) is 48.9 Å². The van der Waals surface area contributed by atoms with Gasteiger partial charge in [-0.25, -0.2) is 9.18 Å². The van der Waals surface area contributed by atoms with Crippen LogP contribution in [0.2, 0.25) is 0 Å². The van der Waals surface area contributed by atoms with E-state index in [1.54, 1.807) is 13.0 Å². The maximum Gasteiger partial charge on any atom is 0.319 e. The van der Waals surface area contributed by atoms with Crippen LogP contribution in [0.15, 0.2) is 18.2 Å². The lowest BCUT2D eigenvalue weighted by molar-refractivity contribution is -0.141. The summed E-state index contributed by atoms with van der Waals surface area (Å²) < 4.78 is 13.1. The van der Waals surface area contributed by atoms with Crippen molar-refractivity contribution in [1.29, 1.82) is 0 Å². The third kappa shape index (κ3) is 3.93. The molecule has 1 aromatic rings. The van der Waals surface area contributed by atoms with E-state index in [9.17, 15) is 14.0 Å². The number of halogens is 1. The van der Waals surface area contributed by atoms with Crippen molar-refractivity contribution < 1.29 is 19.1 Å². The van der Waals surface area contributed by atoms with Crippen molar-refractivity contribution in [2.45, 2.75) is 32.6 Å². The summed E-state index contributed by atoms with van der Waals surface area (Å²) in [4.78, 5) is 22.7. The summed E-state index contributed by atoms with van der Waals surface area (Å²) in [5.41, 5.74) is 0.642. The molecule has 2 amide bonds. The lowest BCUT2D eigenvalue weighted by Crippen LogP contribution is -2.44. The zero-order chi connectivity index (χ0) is 15.5. The number of hydrogen-bond acceptors (Lipinski definition) is 2. The predicted molar refractivity (Wildman–Crippen MR) is 76.7 cm³/mol. The standard InChI is InChI=1S/C15H19FN2O3/c1-10-7-11(3-4-12(10)16)18-14(21)17-9-15(5-2-6-15)8-13(19)20/h3-4,7H,2,5-6,8-9H2,1H3,(H,19,20)(H2,17,18,21). The van der Waals surface area contributed by atoms with Gasteiger partial charge < -0.3 is 15.7 Å². The van der Waals surface area contributed by atoms with Gasteiger partial charge in [-0.15, -0.1) is 0 Å². The predicted octanol–water partition coefficient (Wildman–Crippen LogP) is 2.90. The Morgan fingerprint density at radius 2 is 2.10 bits per heavy atom. The fourth-order valence-electron chi connectivity index (χ4n) is 2.58. The average Bonchev–Trinajstić information content (AvgIpc) is 2.36. The molecule has 1 saturated carbocycles. The minimum absolute atomic E-state index is 0.0724. The number of rotatable bonds is 5. The molecule has 0 heterocycles. The Bertz CT molecular complexity index is 556. The van der Waals surface area contributed by atoms with Gasteiger partial charge in [-0.1, -0.05) is 6.42 Å². The van der Waals surface area contributed by atoms with Gasteiger partial charge in [-0.2, -0.15) is 0 Å². The van der Waals surface area contributed by atoms with Crippen molar-refractivity contribution >= 4 is 17.7 Å². The minimum atomic E-state index is -0.842. The van der Waals surface area contributed by atoms with Crippen LogP contribution in [0.25, 0.3) is 0 Å². The summed E-state index contributed by atoms with van der Waals surface area (Å²) in [5, 5.41) is 14.2. The number of amides is 2. The second-order valence-electron chi connectivity index (χ2n) is 5.70. The van der Waals surface area contributed by atoms with E-state index < -0.39 is 12.0 Å². The number of anilines is 1. The van der Waals surface area contributed by atoms with E-state index in [1.807, 2.05) is 0 Å². The first kappa shape index (κ1) is 15.3. The first-order valence-corrected chi connectivity index (χ1v) is 6.93. The number of hydrogen-bond donors (Lipinski definition) is 3. The molecule has 0 aliphatic heterocycles. The highest BCUT2D eigenvalue weighted by Crippen LogP contribution is 2.43. The van der Waals surface area contributed by atoms with E-state index in [-0.39, 0.29) is 17.7 Å². The van der Waals surface area contributed by atoms with Crippen molar-refractivity contribution in [2.24, 2.45) is 5.41 Å². The summed E-state index contributed by atoms with van der Waals surface area (Å²) in [7, 11) is 0. The molecule has 0 aromatic heterocycles.